The first-order valence-electron chi connectivity index (χ1n) is 6.72. The lowest BCUT2D eigenvalue weighted by atomic mass is 9.86. The first-order valence-corrected chi connectivity index (χ1v) is 6.72. The summed E-state index contributed by atoms with van der Waals surface area (Å²) in [5, 5.41) is 9.29. The number of fused-ring (bicyclic) bond motifs is 1. The van der Waals surface area contributed by atoms with Crippen molar-refractivity contribution in [3.63, 3.8) is 0 Å². The van der Waals surface area contributed by atoms with Crippen molar-refractivity contribution < 1.29 is 14.7 Å². The van der Waals surface area contributed by atoms with Gasteiger partial charge in [0.25, 0.3) is 0 Å². The Morgan fingerprint density at radius 2 is 2.05 bits per heavy atom. The van der Waals surface area contributed by atoms with E-state index in [1.165, 1.54) is 0 Å². The van der Waals surface area contributed by atoms with Gasteiger partial charge >= 0.3 is 5.97 Å². The normalized spacial score (nSPS) is 18.6. The number of carbonyl (C=O) groups excluding carboxylic acids is 1. The quantitative estimate of drug-likeness (QED) is 0.878. The summed E-state index contributed by atoms with van der Waals surface area (Å²) in [6.07, 6.45) is 0.429. The number of para-hydroxylation sites is 1. The number of aliphatic carboxylic acids is 1. The van der Waals surface area contributed by atoms with Crippen molar-refractivity contribution in [2.75, 3.05) is 18.0 Å². The van der Waals surface area contributed by atoms with E-state index in [1.54, 1.807) is 36.9 Å². The Balaban J connectivity index is 2.42. The Morgan fingerprint density at radius 1 is 1.40 bits per heavy atom. The summed E-state index contributed by atoms with van der Waals surface area (Å²) >= 11 is 0. The molecule has 0 spiro atoms. The van der Waals surface area contributed by atoms with Crippen LogP contribution >= 0.6 is 0 Å². The van der Waals surface area contributed by atoms with Crippen molar-refractivity contribution in [2.45, 2.75) is 26.2 Å². The fourth-order valence-electron chi connectivity index (χ4n) is 2.48. The molecular weight excluding hydrogens is 256 g/mol. The molecule has 0 radical (unpaired) electrons. The fraction of sp³-hybridized carbons (Fsp3) is 0.467. The molecule has 0 fully saturated rings. The van der Waals surface area contributed by atoms with Gasteiger partial charge in [-0.15, -0.1) is 0 Å². The summed E-state index contributed by atoms with van der Waals surface area (Å²) in [5.41, 5.74) is 6.41. The molecule has 0 aromatic heterocycles. The molecule has 1 heterocycles. The predicted molar refractivity (Wildman–Crippen MR) is 76.6 cm³/mol. The Hall–Kier alpha value is -1.88. The average molecular weight is 276 g/mol. The topological polar surface area (TPSA) is 83.6 Å². The summed E-state index contributed by atoms with van der Waals surface area (Å²) in [7, 11) is 0. The van der Waals surface area contributed by atoms with Gasteiger partial charge < -0.3 is 15.7 Å². The number of nitrogens with zero attached hydrogens (tertiary/aromatic N) is 1. The molecule has 0 bridgehead atoms. The van der Waals surface area contributed by atoms with Gasteiger partial charge in [0.1, 0.15) is 0 Å². The molecule has 1 aromatic rings. The van der Waals surface area contributed by atoms with Gasteiger partial charge in [-0.05, 0) is 31.9 Å². The van der Waals surface area contributed by atoms with Gasteiger partial charge in [0, 0.05) is 18.8 Å². The summed E-state index contributed by atoms with van der Waals surface area (Å²) in [6.45, 7) is 4.28. The number of benzene rings is 1. The fourth-order valence-corrected chi connectivity index (χ4v) is 2.48. The highest BCUT2D eigenvalue weighted by molar-refractivity contribution is 5.99. The van der Waals surface area contributed by atoms with E-state index in [1.807, 2.05) is 6.07 Å². The van der Waals surface area contributed by atoms with Crippen LogP contribution in [0.4, 0.5) is 5.69 Å². The number of carboxylic acids is 1. The molecule has 5 nitrogen and oxygen atoms in total. The van der Waals surface area contributed by atoms with Crippen LogP contribution in [0.3, 0.4) is 0 Å². The highest BCUT2D eigenvalue weighted by Gasteiger charge is 2.37. The highest BCUT2D eigenvalue weighted by atomic mass is 16.4. The molecule has 1 unspecified atom stereocenters. The third-order valence-corrected chi connectivity index (χ3v) is 3.88. The molecule has 1 amide bonds. The first kappa shape index (κ1) is 14.5. The van der Waals surface area contributed by atoms with Gasteiger partial charge in [-0.2, -0.15) is 0 Å². The first-order chi connectivity index (χ1) is 9.38. The van der Waals surface area contributed by atoms with Gasteiger partial charge in [-0.25, -0.2) is 0 Å². The zero-order valence-electron chi connectivity index (χ0n) is 11.8. The van der Waals surface area contributed by atoms with Crippen molar-refractivity contribution in [1.29, 1.82) is 0 Å². The number of carbonyl (C=O) groups is 2. The van der Waals surface area contributed by atoms with Crippen LogP contribution in [0.2, 0.25) is 0 Å². The number of nitrogens with two attached hydrogens (primary N) is 1. The van der Waals surface area contributed by atoms with E-state index >= 15 is 0 Å². The third-order valence-electron chi connectivity index (χ3n) is 3.88. The maximum absolute atomic E-state index is 12.6. The summed E-state index contributed by atoms with van der Waals surface area (Å²) in [5.74, 6) is -1.45. The number of anilines is 1. The Bertz CT molecular complexity index is 540. The van der Waals surface area contributed by atoms with Crippen molar-refractivity contribution >= 4 is 17.6 Å². The van der Waals surface area contributed by atoms with Crippen molar-refractivity contribution in [3.8, 4) is 0 Å². The molecule has 0 saturated carbocycles. The van der Waals surface area contributed by atoms with Gasteiger partial charge in [0.15, 0.2) is 0 Å². The lowest BCUT2D eigenvalue weighted by Crippen LogP contribution is -2.47. The number of hydrogen-bond acceptors (Lipinski definition) is 3. The van der Waals surface area contributed by atoms with E-state index < -0.39 is 17.3 Å². The van der Waals surface area contributed by atoms with Gasteiger partial charge in [0.05, 0.1) is 11.3 Å². The molecule has 1 atom stereocenters. The molecule has 1 aromatic carbocycles. The Labute approximate surface area is 118 Å². The van der Waals surface area contributed by atoms with Crippen LogP contribution in [0.1, 0.15) is 31.7 Å². The number of amides is 1. The smallest absolute Gasteiger partial charge is 0.311 e. The van der Waals surface area contributed by atoms with Gasteiger partial charge in [0.2, 0.25) is 5.91 Å². The van der Waals surface area contributed by atoms with E-state index in [0.717, 1.165) is 0 Å². The molecule has 108 valence electrons. The van der Waals surface area contributed by atoms with E-state index in [4.69, 9.17) is 5.73 Å². The van der Waals surface area contributed by atoms with Crippen LogP contribution in [0.5, 0.6) is 0 Å². The second kappa shape index (κ2) is 5.25. The van der Waals surface area contributed by atoms with Crippen LogP contribution in [0, 0.1) is 5.41 Å². The SMILES string of the molecule is CC(C)(CN)C(=O)N1CCC(C(=O)O)c2ccccc21. The van der Waals surface area contributed by atoms with Crippen molar-refractivity contribution in [3.05, 3.63) is 29.8 Å². The molecule has 1 aliphatic heterocycles. The number of rotatable bonds is 3. The maximum atomic E-state index is 12.6. The average Bonchev–Trinajstić information content (AvgIpc) is 2.45. The second-order valence-corrected chi connectivity index (χ2v) is 5.78. The standard InChI is InChI=1S/C15H20N2O3/c1-15(2,9-16)14(20)17-8-7-11(13(18)19)10-5-3-4-6-12(10)17/h3-6,11H,7-9,16H2,1-2H3,(H,18,19). The molecule has 0 aliphatic carbocycles. The van der Waals surface area contributed by atoms with Crippen LogP contribution in [0.15, 0.2) is 24.3 Å². The molecule has 5 heteroatoms. The largest absolute Gasteiger partial charge is 0.481 e. The highest BCUT2D eigenvalue weighted by Crippen LogP contribution is 2.37. The van der Waals surface area contributed by atoms with E-state index in [9.17, 15) is 14.7 Å². The zero-order valence-corrected chi connectivity index (χ0v) is 11.8. The molecule has 2 rings (SSSR count). The zero-order chi connectivity index (χ0) is 14.9. The van der Waals surface area contributed by atoms with Crippen LogP contribution in [0.25, 0.3) is 0 Å². The van der Waals surface area contributed by atoms with Gasteiger partial charge in [-0.1, -0.05) is 18.2 Å². The van der Waals surface area contributed by atoms with E-state index in [0.29, 0.717) is 24.2 Å². The summed E-state index contributed by atoms with van der Waals surface area (Å²) in [6, 6.07) is 7.20. The Morgan fingerprint density at radius 3 is 2.65 bits per heavy atom. The minimum atomic E-state index is -0.845. The molecular formula is C15H20N2O3. The molecule has 1 aliphatic rings. The molecule has 3 N–H and O–H groups in total. The minimum Gasteiger partial charge on any atom is -0.481 e. The third kappa shape index (κ3) is 2.41. The van der Waals surface area contributed by atoms with Crippen LogP contribution < -0.4 is 10.6 Å². The van der Waals surface area contributed by atoms with E-state index in [-0.39, 0.29) is 12.5 Å². The summed E-state index contributed by atoms with van der Waals surface area (Å²) < 4.78 is 0. The van der Waals surface area contributed by atoms with Crippen molar-refractivity contribution in [2.24, 2.45) is 11.1 Å². The number of hydrogen-bond donors (Lipinski definition) is 2. The Kier molecular flexibility index (Phi) is 3.81. The lowest BCUT2D eigenvalue weighted by molar-refractivity contribution is -0.139. The minimum absolute atomic E-state index is 0.0590. The molecule has 20 heavy (non-hydrogen) atoms. The predicted octanol–water partition coefficient (Wildman–Crippen LogP) is 1.58. The number of carboxylic acid groups (broad SMARTS) is 1. The van der Waals surface area contributed by atoms with E-state index in [2.05, 4.69) is 0 Å². The van der Waals surface area contributed by atoms with Crippen LogP contribution in [-0.4, -0.2) is 30.1 Å². The van der Waals surface area contributed by atoms with Crippen LogP contribution in [-0.2, 0) is 9.59 Å². The van der Waals surface area contributed by atoms with Crippen molar-refractivity contribution in [1.82, 2.24) is 0 Å². The monoisotopic (exact) mass is 276 g/mol. The summed E-state index contributed by atoms with van der Waals surface area (Å²) in [4.78, 5) is 25.6. The maximum Gasteiger partial charge on any atom is 0.311 e. The molecule has 0 saturated heterocycles. The lowest BCUT2D eigenvalue weighted by Gasteiger charge is -2.37. The second-order valence-electron chi connectivity index (χ2n) is 5.78. The van der Waals surface area contributed by atoms with Gasteiger partial charge in [-0.3, -0.25) is 9.59 Å².